The van der Waals surface area contributed by atoms with Gasteiger partial charge >= 0.3 is 0 Å². The molecule has 112 valence electrons. The Hall–Kier alpha value is -1.71. The number of benzene rings is 1. The molecule has 0 unspecified atom stereocenters. The summed E-state index contributed by atoms with van der Waals surface area (Å²) >= 11 is 0. The van der Waals surface area contributed by atoms with Gasteiger partial charge in [-0.05, 0) is 55.4 Å². The van der Waals surface area contributed by atoms with Crippen molar-refractivity contribution in [3.8, 4) is 0 Å². The van der Waals surface area contributed by atoms with E-state index >= 15 is 0 Å². The molecule has 0 saturated heterocycles. The van der Waals surface area contributed by atoms with Crippen molar-refractivity contribution in [1.29, 1.82) is 0 Å². The Balaban J connectivity index is 2.04. The number of nitrogens with one attached hydrogen (secondary N) is 1. The van der Waals surface area contributed by atoms with E-state index in [9.17, 15) is 0 Å². The van der Waals surface area contributed by atoms with Crippen LogP contribution in [0.1, 0.15) is 23.6 Å². The van der Waals surface area contributed by atoms with E-state index in [0.29, 0.717) is 0 Å². The maximum Gasteiger partial charge on any atom is 0.0271 e. The minimum Gasteiger partial charge on any atom is -0.319 e. The first-order valence-corrected chi connectivity index (χ1v) is 7.66. The largest absolute Gasteiger partial charge is 0.319 e. The molecule has 1 aromatic heterocycles. The molecular weight excluding hydrogens is 258 g/mol. The SMILES string of the molecule is CCN(Cc1ccncc1)Cc1ccccc1CCNC. The number of nitrogens with zero attached hydrogens (tertiary/aromatic N) is 2. The Bertz CT molecular complexity index is 525. The molecule has 0 saturated carbocycles. The fourth-order valence-corrected chi connectivity index (χ4v) is 2.48. The topological polar surface area (TPSA) is 28.2 Å². The van der Waals surface area contributed by atoms with Gasteiger partial charge in [-0.2, -0.15) is 0 Å². The lowest BCUT2D eigenvalue weighted by Gasteiger charge is -2.22. The highest BCUT2D eigenvalue weighted by Crippen LogP contribution is 2.14. The van der Waals surface area contributed by atoms with Crippen molar-refractivity contribution in [3.05, 3.63) is 65.5 Å². The van der Waals surface area contributed by atoms with Gasteiger partial charge in [0.15, 0.2) is 0 Å². The monoisotopic (exact) mass is 283 g/mol. The summed E-state index contributed by atoms with van der Waals surface area (Å²) in [5.74, 6) is 0. The number of pyridine rings is 1. The van der Waals surface area contributed by atoms with Crippen LogP contribution in [0.2, 0.25) is 0 Å². The second-order valence-corrected chi connectivity index (χ2v) is 5.28. The first-order chi connectivity index (χ1) is 10.3. The second-order valence-electron chi connectivity index (χ2n) is 5.28. The highest BCUT2D eigenvalue weighted by molar-refractivity contribution is 5.27. The summed E-state index contributed by atoms with van der Waals surface area (Å²) in [5, 5.41) is 3.23. The molecule has 1 aromatic carbocycles. The minimum absolute atomic E-state index is 0.972. The lowest BCUT2D eigenvalue weighted by Crippen LogP contribution is -2.23. The van der Waals surface area contributed by atoms with E-state index in [4.69, 9.17) is 0 Å². The Labute approximate surface area is 128 Å². The summed E-state index contributed by atoms with van der Waals surface area (Å²) in [5.41, 5.74) is 4.20. The van der Waals surface area contributed by atoms with Crippen molar-refractivity contribution in [2.24, 2.45) is 0 Å². The summed E-state index contributed by atoms with van der Waals surface area (Å²) in [4.78, 5) is 6.55. The van der Waals surface area contributed by atoms with Crippen LogP contribution in [0.4, 0.5) is 0 Å². The standard InChI is InChI=1S/C18H25N3/c1-3-21(14-16-8-12-20-13-9-16)15-18-7-5-4-6-17(18)10-11-19-2/h4-9,12-13,19H,3,10-11,14-15H2,1-2H3. The summed E-state index contributed by atoms with van der Waals surface area (Å²) in [6, 6.07) is 12.9. The average Bonchev–Trinajstić information content (AvgIpc) is 2.54. The number of rotatable bonds is 8. The van der Waals surface area contributed by atoms with Gasteiger partial charge in [-0.25, -0.2) is 0 Å². The molecule has 1 N–H and O–H groups in total. The van der Waals surface area contributed by atoms with Gasteiger partial charge in [-0.3, -0.25) is 9.88 Å². The molecule has 0 aliphatic rings. The van der Waals surface area contributed by atoms with Crippen molar-refractivity contribution in [2.45, 2.75) is 26.4 Å². The summed E-state index contributed by atoms with van der Waals surface area (Å²) in [6.45, 7) is 6.26. The van der Waals surface area contributed by atoms with Crippen LogP contribution in [0, 0.1) is 0 Å². The van der Waals surface area contributed by atoms with E-state index in [0.717, 1.165) is 32.6 Å². The van der Waals surface area contributed by atoms with Crippen LogP contribution < -0.4 is 5.32 Å². The molecule has 0 aliphatic heterocycles. The first-order valence-electron chi connectivity index (χ1n) is 7.66. The van der Waals surface area contributed by atoms with Gasteiger partial charge in [-0.1, -0.05) is 31.2 Å². The van der Waals surface area contributed by atoms with E-state index in [2.05, 4.69) is 58.5 Å². The molecular formula is C18H25N3. The minimum atomic E-state index is 0.972. The summed E-state index contributed by atoms with van der Waals surface area (Å²) in [6.07, 6.45) is 4.81. The Morgan fingerprint density at radius 3 is 2.38 bits per heavy atom. The van der Waals surface area contributed by atoms with Crippen molar-refractivity contribution < 1.29 is 0 Å². The Morgan fingerprint density at radius 1 is 1.00 bits per heavy atom. The van der Waals surface area contributed by atoms with Crippen LogP contribution in [-0.2, 0) is 19.5 Å². The van der Waals surface area contributed by atoms with Gasteiger partial charge in [0.25, 0.3) is 0 Å². The van der Waals surface area contributed by atoms with Crippen molar-refractivity contribution in [3.63, 3.8) is 0 Å². The zero-order valence-corrected chi connectivity index (χ0v) is 13.0. The number of likely N-dealkylation sites (N-methyl/N-ethyl adjacent to an activating group) is 1. The van der Waals surface area contributed by atoms with E-state index in [1.165, 1.54) is 16.7 Å². The van der Waals surface area contributed by atoms with Crippen LogP contribution in [0.15, 0.2) is 48.8 Å². The van der Waals surface area contributed by atoms with Gasteiger partial charge < -0.3 is 5.32 Å². The maximum absolute atomic E-state index is 4.08. The predicted molar refractivity (Wildman–Crippen MR) is 88.1 cm³/mol. The van der Waals surface area contributed by atoms with Gasteiger partial charge in [0.1, 0.15) is 0 Å². The van der Waals surface area contributed by atoms with Crippen molar-refractivity contribution in [1.82, 2.24) is 15.2 Å². The lowest BCUT2D eigenvalue weighted by atomic mass is 10.0. The zero-order chi connectivity index (χ0) is 14.9. The molecule has 0 aliphatic carbocycles. The summed E-state index contributed by atoms with van der Waals surface area (Å²) in [7, 11) is 2.00. The maximum atomic E-state index is 4.08. The molecule has 0 fully saturated rings. The fourth-order valence-electron chi connectivity index (χ4n) is 2.48. The highest BCUT2D eigenvalue weighted by Gasteiger charge is 2.08. The summed E-state index contributed by atoms with van der Waals surface area (Å²) < 4.78 is 0. The molecule has 2 aromatic rings. The van der Waals surface area contributed by atoms with Crippen LogP contribution >= 0.6 is 0 Å². The van der Waals surface area contributed by atoms with E-state index in [1.807, 2.05) is 19.4 Å². The molecule has 0 spiro atoms. The second kappa shape index (κ2) is 8.55. The third-order valence-electron chi connectivity index (χ3n) is 3.76. The average molecular weight is 283 g/mol. The number of hydrogen-bond donors (Lipinski definition) is 1. The highest BCUT2D eigenvalue weighted by atomic mass is 15.1. The molecule has 0 atom stereocenters. The zero-order valence-electron chi connectivity index (χ0n) is 13.0. The quantitative estimate of drug-likeness (QED) is 0.807. The van der Waals surface area contributed by atoms with E-state index in [-0.39, 0.29) is 0 Å². The number of hydrogen-bond acceptors (Lipinski definition) is 3. The van der Waals surface area contributed by atoms with Crippen molar-refractivity contribution in [2.75, 3.05) is 20.1 Å². The van der Waals surface area contributed by atoms with Gasteiger partial charge in [0, 0.05) is 25.5 Å². The Kier molecular flexibility index (Phi) is 6.38. The third-order valence-corrected chi connectivity index (χ3v) is 3.76. The van der Waals surface area contributed by atoms with Crippen LogP contribution in [0.25, 0.3) is 0 Å². The third kappa shape index (κ3) is 4.96. The molecule has 2 rings (SSSR count). The molecule has 3 nitrogen and oxygen atoms in total. The molecule has 3 heteroatoms. The van der Waals surface area contributed by atoms with Crippen LogP contribution in [0.5, 0.6) is 0 Å². The fraction of sp³-hybridized carbons (Fsp3) is 0.389. The Morgan fingerprint density at radius 2 is 1.71 bits per heavy atom. The van der Waals surface area contributed by atoms with Gasteiger partial charge in [0.2, 0.25) is 0 Å². The molecule has 0 radical (unpaired) electrons. The molecule has 1 heterocycles. The normalized spacial score (nSPS) is 11.0. The van der Waals surface area contributed by atoms with Crippen LogP contribution in [0.3, 0.4) is 0 Å². The predicted octanol–water partition coefficient (Wildman–Crippen LogP) is 2.87. The smallest absolute Gasteiger partial charge is 0.0271 e. The van der Waals surface area contributed by atoms with Crippen molar-refractivity contribution >= 4 is 0 Å². The molecule has 0 bridgehead atoms. The van der Waals surface area contributed by atoms with E-state index in [1.54, 1.807) is 0 Å². The first kappa shape index (κ1) is 15.7. The number of aromatic nitrogens is 1. The van der Waals surface area contributed by atoms with Crippen LogP contribution in [-0.4, -0.2) is 30.0 Å². The molecule has 21 heavy (non-hydrogen) atoms. The lowest BCUT2D eigenvalue weighted by molar-refractivity contribution is 0.270. The van der Waals surface area contributed by atoms with Gasteiger partial charge in [0.05, 0.1) is 0 Å². The van der Waals surface area contributed by atoms with Gasteiger partial charge in [-0.15, -0.1) is 0 Å². The molecule has 0 amide bonds. The van der Waals surface area contributed by atoms with E-state index < -0.39 is 0 Å².